The number of nitrogens with zero attached hydrogens (tertiary/aromatic N) is 2. The van der Waals surface area contributed by atoms with Gasteiger partial charge in [-0.05, 0) is 46.3 Å². The summed E-state index contributed by atoms with van der Waals surface area (Å²) in [7, 11) is 1.59. The van der Waals surface area contributed by atoms with E-state index in [1.54, 1.807) is 37.4 Å². The van der Waals surface area contributed by atoms with Gasteiger partial charge in [-0.1, -0.05) is 0 Å². The van der Waals surface area contributed by atoms with Crippen molar-refractivity contribution in [2.75, 3.05) is 20.3 Å². The smallest absolute Gasteiger partial charge is 0.406 e. The SMILES string of the molecule is COc1ccc(OCCOc2cccnc2[N+](=O)[O-])cc1. The minimum Gasteiger partial charge on any atom is -0.497 e. The second-order valence-corrected chi connectivity index (χ2v) is 3.95. The van der Waals surface area contributed by atoms with Crippen LogP contribution < -0.4 is 14.2 Å². The van der Waals surface area contributed by atoms with Gasteiger partial charge in [0.2, 0.25) is 5.75 Å². The van der Waals surface area contributed by atoms with Crippen molar-refractivity contribution in [1.82, 2.24) is 4.98 Å². The van der Waals surface area contributed by atoms with E-state index in [1.807, 2.05) is 0 Å². The third-order valence-electron chi connectivity index (χ3n) is 2.59. The van der Waals surface area contributed by atoms with Crippen molar-refractivity contribution in [3.05, 3.63) is 52.7 Å². The molecule has 1 aromatic heterocycles. The highest BCUT2D eigenvalue weighted by Gasteiger charge is 2.15. The van der Waals surface area contributed by atoms with Gasteiger partial charge < -0.3 is 24.3 Å². The molecule has 0 aliphatic heterocycles. The highest BCUT2D eigenvalue weighted by atomic mass is 16.6. The fraction of sp³-hybridized carbons (Fsp3) is 0.214. The number of methoxy groups -OCH3 is 1. The Hall–Kier alpha value is -2.83. The summed E-state index contributed by atoms with van der Waals surface area (Å²) in [6, 6.07) is 10.2. The van der Waals surface area contributed by atoms with Crippen molar-refractivity contribution in [2.24, 2.45) is 0 Å². The van der Waals surface area contributed by atoms with Crippen LogP contribution in [0.15, 0.2) is 42.6 Å². The van der Waals surface area contributed by atoms with Gasteiger partial charge in [0.25, 0.3) is 0 Å². The van der Waals surface area contributed by atoms with E-state index in [0.29, 0.717) is 5.75 Å². The summed E-state index contributed by atoms with van der Waals surface area (Å²) in [6.07, 6.45) is 1.35. The van der Waals surface area contributed by atoms with E-state index >= 15 is 0 Å². The lowest BCUT2D eigenvalue weighted by Gasteiger charge is -2.08. The Balaban J connectivity index is 1.83. The van der Waals surface area contributed by atoms with Crippen LogP contribution in [0.25, 0.3) is 0 Å². The number of nitro groups is 1. The summed E-state index contributed by atoms with van der Waals surface area (Å²) in [5, 5.41) is 10.8. The molecule has 2 rings (SSSR count). The van der Waals surface area contributed by atoms with Crippen LogP contribution in [0.2, 0.25) is 0 Å². The Labute approximate surface area is 121 Å². The highest BCUT2D eigenvalue weighted by molar-refractivity contribution is 5.38. The lowest BCUT2D eigenvalue weighted by atomic mass is 10.3. The summed E-state index contributed by atoms with van der Waals surface area (Å²) in [4.78, 5) is 13.8. The molecule has 7 nitrogen and oxygen atoms in total. The lowest BCUT2D eigenvalue weighted by molar-refractivity contribution is -0.390. The van der Waals surface area contributed by atoms with Crippen LogP contribution >= 0.6 is 0 Å². The third-order valence-corrected chi connectivity index (χ3v) is 2.59. The van der Waals surface area contributed by atoms with Crippen molar-refractivity contribution in [3.63, 3.8) is 0 Å². The van der Waals surface area contributed by atoms with Crippen molar-refractivity contribution >= 4 is 5.82 Å². The van der Waals surface area contributed by atoms with Gasteiger partial charge in [0.1, 0.15) is 30.9 Å². The van der Waals surface area contributed by atoms with E-state index in [9.17, 15) is 10.1 Å². The zero-order chi connectivity index (χ0) is 15.1. The van der Waals surface area contributed by atoms with Gasteiger partial charge in [0.15, 0.2) is 0 Å². The van der Waals surface area contributed by atoms with Gasteiger partial charge in [0.05, 0.1) is 7.11 Å². The minimum absolute atomic E-state index is 0.126. The predicted molar refractivity (Wildman–Crippen MR) is 74.9 cm³/mol. The zero-order valence-electron chi connectivity index (χ0n) is 11.4. The van der Waals surface area contributed by atoms with Gasteiger partial charge >= 0.3 is 5.82 Å². The molecule has 21 heavy (non-hydrogen) atoms. The summed E-state index contributed by atoms with van der Waals surface area (Å²) >= 11 is 0. The molecule has 0 aliphatic rings. The first-order chi connectivity index (χ1) is 10.2. The normalized spacial score (nSPS) is 9.95. The van der Waals surface area contributed by atoms with Gasteiger partial charge in [0, 0.05) is 0 Å². The van der Waals surface area contributed by atoms with Crippen molar-refractivity contribution < 1.29 is 19.1 Å². The molecule has 0 saturated carbocycles. The molecular formula is C14H14N2O5. The Kier molecular flexibility index (Phi) is 4.92. The average molecular weight is 290 g/mol. The fourth-order valence-electron chi connectivity index (χ4n) is 1.62. The van der Waals surface area contributed by atoms with Crippen LogP contribution in [0.5, 0.6) is 17.2 Å². The van der Waals surface area contributed by atoms with Crippen LogP contribution in [0, 0.1) is 10.1 Å². The maximum absolute atomic E-state index is 10.8. The first-order valence-electron chi connectivity index (χ1n) is 6.20. The summed E-state index contributed by atoms with van der Waals surface area (Å²) < 4.78 is 15.8. The van der Waals surface area contributed by atoms with E-state index in [1.165, 1.54) is 12.3 Å². The van der Waals surface area contributed by atoms with Crippen LogP contribution in [-0.2, 0) is 0 Å². The van der Waals surface area contributed by atoms with E-state index in [-0.39, 0.29) is 24.8 Å². The number of rotatable bonds is 7. The molecule has 110 valence electrons. The van der Waals surface area contributed by atoms with Crippen LogP contribution in [0.3, 0.4) is 0 Å². The van der Waals surface area contributed by atoms with Crippen LogP contribution in [-0.4, -0.2) is 30.2 Å². The Morgan fingerprint density at radius 1 is 1.10 bits per heavy atom. The quantitative estimate of drug-likeness (QED) is 0.442. The molecule has 7 heteroatoms. The van der Waals surface area contributed by atoms with E-state index < -0.39 is 4.92 Å². The molecule has 0 fully saturated rings. The molecule has 1 aromatic carbocycles. The third kappa shape index (κ3) is 4.07. The number of ether oxygens (including phenoxy) is 3. The van der Waals surface area contributed by atoms with Crippen LogP contribution in [0.1, 0.15) is 0 Å². The fourth-order valence-corrected chi connectivity index (χ4v) is 1.62. The molecular weight excluding hydrogens is 276 g/mol. The summed E-state index contributed by atoms with van der Waals surface area (Å²) in [5.74, 6) is 1.23. The first-order valence-corrected chi connectivity index (χ1v) is 6.20. The molecule has 0 bridgehead atoms. The molecule has 0 spiro atoms. The Bertz CT molecular complexity index is 601. The molecule has 0 amide bonds. The highest BCUT2D eigenvalue weighted by Crippen LogP contribution is 2.22. The second-order valence-electron chi connectivity index (χ2n) is 3.95. The number of hydrogen-bond acceptors (Lipinski definition) is 6. The van der Waals surface area contributed by atoms with Crippen molar-refractivity contribution in [2.45, 2.75) is 0 Å². The van der Waals surface area contributed by atoms with Crippen molar-refractivity contribution in [1.29, 1.82) is 0 Å². The molecule has 0 saturated heterocycles. The largest absolute Gasteiger partial charge is 0.497 e. The summed E-state index contributed by atoms with van der Waals surface area (Å²) in [5.41, 5.74) is 0. The average Bonchev–Trinajstić information content (AvgIpc) is 2.52. The number of pyridine rings is 1. The number of aromatic nitrogens is 1. The molecule has 0 atom stereocenters. The molecule has 0 radical (unpaired) electrons. The molecule has 0 N–H and O–H groups in total. The van der Waals surface area contributed by atoms with E-state index in [2.05, 4.69) is 4.98 Å². The molecule has 0 unspecified atom stereocenters. The van der Waals surface area contributed by atoms with Crippen molar-refractivity contribution in [3.8, 4) is 17.2 Å². The molecule has 0 aliphatic carbocycles. The van der Waals surface area contributed by atoms with Gasteiger partial charge in [-0.15, -0.1) is 0 Å². The Morgan fingerprint density at radius 2 is 1.76 bits per heavy atom. The molecule has 2 aromatic rings. The lowest BCUT2D eigenvalue weighted by Crippen LogP contribution is -2.10. The summed E-state index contributed by atoms with van der Waals surface area (Å²) in [6.45, 7) is 0.441. The standard InChI is InChI=1S/C14H14N2O5/c1-19-11-4-6-12(7-5-11)20-9-10-21-13-3-2-8-15-14(13)16(17)18/h2-8H,9-10H2,1H3. The van der Waals surface area contributed by atoms with Gasteiger partial charge in [-0.25, -0.2) is 0 Å². The maximum atomic E-state index is 10.8. The number of hydrogen-bond donors (Lipinski definition) is 0. The zero-order valence-corrected chi connectivity index (χ0v) is 11.4. The maximum Gasteiger partial charge on any atom is 0.406 e. The number of benzene rings is 1. The molecule has 1 heterocycles. The van der Waals surface area contributed by atoms with Crippen LogP contribution in [0.4, 0.5) is 5.82 Å². The van der Waals surface area contributed by atoms with E-state index in [4.69, 9.17) is 14.2 Å². The first kappa shape index (κ1) is 14.6. The van der Waals surface area contributed by atoms with Gasteiger partial charge in [-0.2, -0.15) is 0 Å². The monoisotopic (exact) mass is 290 g/mol. The Morgan fingerprint density at radius 3 is 2.43 bits per heavy atom. The minimum atomic E-state index is -0.584. The topological polar surface area (TPSA) is 83.7 Å². The second kappa shape index (κ2) is 7.09. The van der Waals surface area contributed by atoms with E-state index in [0.717, 1.165) is 5.75 Å². The van der Waals surface area contributed by atoms with Gasteiger partial charge in [-0.3, -0.25) is 0 Å². The predicted octanol–water partition coefficient (Wildman–Crippen LogP) is 2.46.